The van der Waals surface area contributed by atoms with Crippen LogP contribution in [-0.2, 0) is 12.8 Å². The van der Waals surface area contributed by atoms with Crippen molar-refractivity contribution in [2.45, 2.75) is 17.8 Å². The summed E-state index contributed by atoms with van der Waals surface area (Å²) in [4.78, 5) is 12.4. The first-order chi connectivity index (χ1) is 14.6. The topological polar surface area (TPSA) is 72.2 Å². The van der Waals surface area contributed by atoms with Gasteiger partial charge in [-0.1, -0.05) is 60.3 Å². The van der Waals surface area contributed by atoms with Crippen LogP contribution in [0.4, 0.5) is 0 Å². The van der Waals surface area contributed by atoms with Crippen molar-refractivity contribution in [1.82, 2.24) is 20.2 Å². The van der Waals surface area contributed by atoms with Crippen LogP contribution >= 0.6 is 11.8 Å². The molecule has 0 spiro atoms. The van der Waals surface area contributed by atoms with Crippen molar-refractivity contribution >= 4 is 34.2 Å². The average Bonchev–Trinajstić information content (AvgIpc) is 3.20. The van der Waals surface area contributed by atoms with Crippen LogP contribution < -0.4 is 5.43 Å². The van der Waals surface area contributed by atoms with E-state index in [1.807, 2.05) is 61.0 Å². The molecule has 0 aliphatic heterocycles. The second-order valence-corrected chi connectivity index (χ2v) is 7.85. The summed E-state index contributed by atoms with van der Waals surface area (Å²) in [7, 11) is 1.91. The standard InChI is InChI=1S/C23H21N5OS/c1-16(20-12-11-18-5-3-4-6-21(18)13-20)25-26-22(29)19-9-7-17(8-10-19)14-30-23-27-24-15-28(23)2/h3-13,15H,14H2,1-2H3,(H,26,29). The Labute approximate surface area is 179 Å². The smallest absolute Gasteiger partial charge is 0.271 e. The Morgan fingerprint density at radius 1 is 1.03 bits per heavy atom. The number of fused-ring (bicyclic) bond motifs is 1. The summed E-state index contributed by atoms with van der Waals surface area (Å²) in [6.45, 7) is 1.89. The second kappa shape index (κ2) is 8.92. The molecule has 4 aromatic rings. The molecule has 0 bridgehead atoms. The SMILES string of the molecule is CC(=NNC(=O)c1ccc(CSc2nncn2C)cc1)c1ccc2ccccc2c1. The zero-order valence-electron chi connectivity index (χ0n) is 16.7. The number of aromatic nitrogens is 3. The predicted molar refractivity (Wildman–Crippen MR) is 121 cm³/mol. The van der Waals surface area contributed by atoms with Gasteiger partial charge in [-0.25, -0.2) is 5.43 Å². The number of aryl methyl sites for hydroxylation is 1. The molecule has 0 unspecified atom stereocenters. The van der Waals surface area contributed by atoms with Gasteiger partial charge >= 0.3 is 0 Å². The molecule has 1 amide bonds. The monoisotopic (exact) mass is 415 g/mol. The van der Waals surface area contributed by atoms with Crippen molar-refractivity contribution < 1.29 is 4.79 Å². The van der Waals surface area contributed by atoms with E-state index in [1.165, 1.54) is 5.39 Å². The summed E-state index contributed by atoms with van der Waals surface area (Å²) in [5.41, 5.74) is 6.06. The number of thioether (sulfide) groups is 1. The van der Waals surface area contributed by atoms with E-state index >= 15 is 0 Å². The summed E-state index contributed by atoms with van der Waals surface area (Å²) in [5, 5.41) is 15.4. The van der Waals surface area contributed by atoms with Gasteiger partial charge in [0.2, 0.25) is 0 Å². The van der Waals surface area contributed by atoms with E-state index in [1.54, 1.807) is 18.1 Å². The molecule has 0 fully saturated rings. The number of nitrogens with zero attached hydrogens (tertiary/aromatic N) is 4. The molecule has 0 saturated heterocycles. The molecule has 6 nitrogen and oxygen atoms in total. The van der Waals surface area contributed by atoms with Crippen LogP contribution in [0, 0.1) is 0 Å². The van der Waals surface area contributed by atoms with Crippen LogP contribution in [0.1, 0.15) is 28.4 Å². The molecule has 0 atom stereocenters. The summed E-state index contributed by atoms with van der Waals surface area (Å²) in [6.07, 6.45) is 1.68. The van der Waals surface area contributed by atoms with Gasteiger partial charge in [0, 0.05) is 18.4 Å². The van der Waals surface area contributed by atoms with Crippen LogP contribution in [0.25, 0.3) is 10.8 Å². The van der Waals surface area contributed by atoms with Crippen molar-refractivity contribution in [2.24, 2.45) is 12.1 Å². The maximum absolute atomic E-state index is 12.4. The van der Waals surface area contributed by atoms with Gasteiger partial charge in [-0.05, 0) is 47.0 Å². The minimum atomic E-state index is -0.234. The number of hydrogen-bond acceptors (Lipinski definition) is 5. The van der Waals surface area contributed by atoms with Crippen molar-refractivity contribution in [3.8, 4) is 0 Å². The largest absolute Gasteiger partial charge is 0.312 e. The number of amides is 1. The van der Waals surface area contributed by atoms with Crippen LogP contribution in [-0.4, -0.2) is 26.4 Å². The lowest BCUT2D eigenvalue weighted by Gasteiger charge is -2.06. The number of carbonyl (C=O) groups excluding carboxylic acids is 1. The van der Waals surface area contributed by atoms with Crippen LogP contribution in [0.5, 0.6) is 0 Å². The summed E-state index contributed by atoms with van der Waals surface area (Å²) in [5.74, 6) is 0.524. The van der Waals surface area contributed by atoms with Crippen molar-refractivity contribution in [2.75, 3.05) is 0 Å². The van der Waals surface area contributed by atoms with Crippen molar-refractivity contribution in [3.63, 3.8) is 0 Å². The Balaban J connectivity index is 1.38. The first-order valence-corrected chi connectivity index (χ1v) is 10.5. The van der Waals surface area contributed by atoms with Crippen LogP contribution in [0.3, 0.4) is 0 Å². The van der Waals surface area contributed by atoms with Gasteiger partial charge in [0.25, 0.3) is 5.91 Å². The Kier molecular flexibility index (Phi) is 5.90. The van der Waals surface area contributed by atoms with Gasteiger partial charge in [-0.15, -0.1) is 10.2 Å². The number of hydrazone groups is 1. The Bertz CT molecular complexity index is 1210. The quantitative estimate of drug-likeness (QED) is 0.288. The van der Waals surface area contributed by atoms with Gasteiger partial charge in [-0.3, -0.25) is 4.79 Å². The highest BCUT2D eigenvalue weighted by Crippen LogP contribution is 2.20. The lowest BCUT2D eigenvalue weighted by atomic mass is 10.0. The first kappa shape index (κ1) is 19.8. The van der Waals surface area contributed by atoms with Gasteiger partial charge in [-0.2, -0.15) is 5.10 Å². The van der Waals surface area contributed by atoms with E-state index in [9.17, 15) is 4.79 Å². The fraction of sp³-hybridized carbons (Fsp3) is 0.130. The third-order valence-corrected chi connectivity index (χ3v) is 5.85. The maximum atomic E-state index is 12.4. The molecule has 0 aliphatic carbocycles. The molecule has 0 saturated carbocycles. The zero-order valence-corrected chi connectivity index (χ0v) is 17.6. The van der Waals surface area contributed by atoms with E-state index in [4.69, 9.17) is 0 Å². The number of nitrogens with one attached hydrogen (secondary N) is 1. The molecule has 30 heavy (non-hydrogen) atoms. The van der Waals surface area contributed by atoms with E-state index in [2.05, 4.69) is 45.0 Å². The van der Waals surface area contributed by atoms with Crippen molar-refractivity contribution in [3.05, 3.63) is 89.7 Å². The average molecular weight is 416 g/mol. The molecule has 4 rings (SSSR count). The summed E-state index contributed by atoms with van der Waals surface area (Å²) < 4.78 is 1.88. The van der Waals surface area contributed by atoms with E-state index < -0.39 is 0 Å². The highest BCUT2D eigenvalue weighted by Gasteiger charge is 2.07. The fourth-order valence-electron chi connectivity index (χ4n) is 2.98. The molecule has 0 radical (unpaired) electrons. The van der Waals surface area contributed by atoms with E-state index in [0.717, 1.165) is 33.1 Å². The van der Waals surface area contributed by atoms with Crippen LogP contribution in [0.2, 0.25) is 0 Å². The predicted octanol–water partition coefficient (Wildman–Crippen LogP) is 4.41. The molecule has 1 N–H and O–H groups in total. The maximum Gasteiger partial charge on any atom is 0.271 e. The molecule has 7 heteroatoms. The third-order valence-electron chi connectivity index (χ3n) is 4.75. The van der Waals surface area contributed by atoms with Gasteiger partial charge in [0.1, 0.15) is 6.33 Å². The molecular formula is C23H21N5OS. The van der Waals surface area contributed by atoms with Gasteiger partial charge < -0.3 is 4.57 Å². The summed E-state index contributed by atoms with van der Waals surface area (Å²) in [6, 6.07) is 21.8. The van der Waals surface area contributed by atoms with E-state index in [-0.39, 0.29) is 5.91 Å². The number of hydrogen-bond donors (Lipinski definition) is 1. The lowest BCUT2D eigenvalue weighted by Crippen LogP contribution is -2.19. The molecule has 1 heterocycles. The first-order valence-electron chi connectivity index (χ1n) is 9.50. The van der Waals surface area contributed by atoms with Gasteiger partial charge in [0.05, 0.1) is 5.71 Å². The van der Waals surface area contributed by atoms with Crippen molar-refractivity contribution in [1.29, 1.82) is 0 Å². The molecule has 1 aromatic heterocycles. The Hall–Kier alpha value is -3.45. The molecule has 3 aromatic carbocycles. The number of rotatable bonds is 6. The number of carbonyl (C=O) groups is 1. The number of benzene rings is 3. The van der Waals surface area contributed by atoms with Gasteiger partial charge in [0.15, 0.2) is 5.16 Å². The molecule has 150 valence electrons. The van der Waals surface area contributed by atoms with Crippen LogP contribution in [0.15, 0.2) is 83.3 Å². The Morgan fingerprint density at radius 3 is 2.50 bits per heavy atom. The normalized spacial score (nSPS) is 11.6. The lowest BCUT2D eigenvalue weighted by molar-refractivity contribution is 0.0955. The molecular weight excluding hydrogens is 394 g/mol. The minimum absolute atomic E-state index is 0.234. The minimum Gasteiger partial charge on any atom is -0.312 e. The Morgan fingerprint density at radius 2 is 1.77 bits per heavy atom. The fourth-order valence-corrected chi connectivity index (χ4v) is 3.83. The second-order valence-electron chi connectivity index (χ2n) is 6.91. The third kappa shape index (κ3) is 4.58. The van der Waals surface area contributed by atoms with E-state index in [0.29, 0.717) is 5.56 Å². The zero-order chi connectivity index (χ0) is 20.9. The summed E-state index contributed by atoms with van der Waals surface area (Å²) >= 11 is 1.60. The highest BCUT2D eigenvalue weighted by molar-refractivity contribution is 7.98. The molecule has 0 aliphatic rings. The highest BCUT2D eigenvalue weighted by atomic mass is 32.2.